The molecule has 0 radical (unpaired) electrons. The van der Waals surface area contributed by atoms with Crippen molar-refractivity contribution in [2.24, 2.45) is 9.98 Å². The van der Waals surface area contributed by atoms with Crippen LogP contribution >= 0.6 is 8.32 Å². The topological polar surface area (TPSA) is 87.2 Å². The molecule has 0 unspecified atom stereocenters. The standard InChI is InChI=1S/C32H32N4O4.ClH.Tl/c1-17-11-22-14-27-19(3)23(7-9-31(37)39-5)29(35-27)16-30-24(8-10-32(38)40-6)20(4)28(36-30)15-26-18(2)12-21(34-26)13-25(17)33-22;;/h11-16H,7-10H2,1-6H3;1H;/q-2;;+3/p-1. The molecule has 8 nitrogen and oxygen atoms in total. The minimum absolute atomic E-state index is 0.248. The van der Waals surface area contributed by atoms with Gasteiger partial charge in [0.1, 0.15) is 0 Å². The molecule has 2 aromatic heterocycles. The zero-order valence-corrected chi connectivity index (χ0v) is 29.9. The fourth-order valence-corrected chi connectivity index (χ4v) is 18.1. The summed E-state index contributed by atoms with van der Waals surface area (Å²) in [6, 6.07) is 2.19. The van der Waals surface area contributed by atoms with Crippen molar-refractivity contribution >= 4 is 78.1 Å². The number of carbonyl (C=O) groups excluding carboxylic acids is 2. The summed E-state index contributed by atoms with van der Waals surface area (Å²) in [5.74, 6) is -0.523. The molecule has 0 amide bonds. The Hall–Kier alpha value is -3.25. The molecule has 0 saturated heterocycles. The van der Waals surface area contributed by atoms with Crippen LogP contribution in [0.3, 0.4) is 0 Å². The molecule has 0 N–H and O–H groups in total. The number of hydrogen-bond donors (Lipinski definition) is 0. The van der Waals surface area contributed by atoms with Crippen LogP contribution in [0.25, 0.3) is 24.3 Å². The van der Waals surface area contributed by atoms with Crippen LogP contribution in [-0.2, 0) is 25.5 Å². The Morgan fingerprint density at radius 1 is 0.857 bits per heavy atom. The second-order valence-corrected chi connectivity index (χ2v) is 20.9. The van der Waals surface area contributed by atoms with Crippen LogP contribution in [-0.4, -0.2) is 64.4 Å². The second-order valence-electron chi connectivity index (χ2n) is 11.0. The van der Waals surface area contributed by atoms with E-state index in [1.165, 1.54) is 14.2 Å². The first-order chi connectivity index (χ1) is 20.1. The van der Waals surface area contributed by atoms with Gasteiger partial charge in [0.2, 0.25) is 0 Å². The number of esters is 2. The molecular formula is C32H32ClN4O4Tl. The van der Waals surface area contributed by atoms with Gasteiger partial charge in [0.05, 0.1) is 0 Å². The predicted molar refractivity (Wildman–Crippen MR) is 168 cm³/mol. The van der Waals surface area contributed by atoms with E-state index in [-0.39, 0.29) is 24.8 Å². The number of rotatable bonds is 6. The molecule has 4 aliphatic rings. The predicted octanol–water partition coefficient (Wildman–Crippen LogP) is 4.03. The number of carbonyl (C=O) groups is 2. The Kier molecular flexibility index (Phi) is 7.63. The molecule has 0 spiro atoms. The first kappa shape index (κ1) is 28.9. The summed E-state index contributed by atoms with van der Waals surface area (Å²) in [6.45, 7) is 8.35. The molecule has 0 atom stereocenters. The molecule has 0 aliphatic carbocycles. The number of ether oxygens (including phenoxy) is 2. The Labute approximate surface area is 257 Å². The van der Waals surface area contributed by atoms with Crippen LogP contribution in [0.1, 0.15) is 61.2 Å². The fourth-order valence-electron chi connectivity index (χ4n) is 6.20. The Morgan fingerprint density at radius 3 is 2.29 bits per heavy atom. The second kappa shape index (κ2) is 11.1. The summed E-state index contributed by atoms with van der Waals surface area (Å²) in [5.41, 5.74) is 11.8. The van der Waals surface area contributed by atoms with Gasteiger partial charge in [-0.2, -0.15) is 0 Å². The van der Waals surface area contributed by atoms with Gasteiger partial charge in [-0.25, -0.2) is 0 Å². The third kappa shape index (κ3) is 4.82. The van der Waals surface area contributed by atoms with Crippen molar-refractivity contribution in [3.63, 3.8) is 0 Å². The summed E-state index contributed by atoms with van der Waals surface area (Å²) in [5, 5.41) is 2.08. The maximum absolute atomic E-state index is 12.3. The van der Waals surface area contributed by atoms with Gasteiger partial charge in [0.15, 0.2) is 0 Å². The zero-order valence-electron chi connectivity index (χ0n) is 24.7. The van der Waals surface area contributed by atoms with Gasteiger partial charge >= 0.3 is 258 Å². The SMILES string of the molecule is COC(=O)CCC1=C(C)C2=NC1=Cc1c(CCC(=O)OC)c(C)c3[n]1[Tl]([Cl])[n]1c(cc(C)c1=C2)=CC1=NC(=C3)C=C1C. The van der Waals surface area contributed by atoms with Crippen LogP contribution in [0.5, 0.6) is 0 Å². The van der Waals surface area contributed by atoms with Crippen LogP contribution in [0, 0.1) is 13.8 Å². The molecule has 6 rings (SSSR count). The summed E-state index contributed by atoms with van der Waals surface area (Å²) < 4.78 is 14.6. The van der Waals surface area contributed by atoms with Crippen LogP contribution in [0.15, 0.2) is 50.2 Å². The first-order valence-corrected chi connectivity index (χ1v) is 23.6. The minimum atomic E-state index is -3.61. The van der Waals surface area contributed by atoms with Crippen molar-refractivity contribution < 1.29 is 19.1 Å². The van der Waals surface area contributed by atoms with E-state index in [4.69, 9.17) is 27.8 Å². The molecular weight excluding hydrogens is 744 g/mol. The van der Waals surface area contributed by atoms with Crippen LogP contribution in [0.2, 0.25) is 0 Å². The van der Waals surface area contributed by atoms with Crippen LogP contribution in [0.4, 0.5) is 0 Å². The molecule has 0 aromatic carbocycles. The number of fused-ring (bicyclic) bond motifs is 2. The molecule has 0 saturated carbocycles. The van der Waals surface area contributed by atoms with Gasteiger partial charge in [0, 0.05) is 0 Å². The number of aryl methyl sites for hydroxylation is 1. The summed E-state index contributed by atoms with van der Waals surface area (Å²) in [4.78, 5) is 34.5. The normalized spacial score (nSPS) is 16.5. The quantitative estimate of drug-likeness (QED) is 0.328. The van der Waals surface area contributed by atoms with E-state index in [2.05, 4.69) is 68.9 Å². The van der Waals surface area contributed by atoms with Crippen molar-refractivity contribution in [1.82, 2.24) is 4.75 Å². The van der Waals surface area contributed by atoms with Crippen LogP contribution < -0.4 is 10.7 Å². The van der Waals surface area contributed by atoms with Crippen molar-refractivity contribution in [2.45, 2.75) is 53.4 Å². The average molecular weight is 776 g/mol. The van der Waals surface area contributed by atoms with E-state index in [0.29, 0.717) is 12.8 Å². The van der Waals surface area contributed by atoms with E-state index in [0.717, 1.165) is 78.3 Å². The summed E-state index contributed by atoms with van der Waals surface area (Å²) >= 11 is -3.61. The average Bonchev–Trinajstić information content (AvgIpc) is 3.63. The molecule has 2 aromatic rings. The molecule has 10 heteroatoms. The Morgan fingerprint density at radius 2 is 1.57 bits per heavy atom. The first-order valence-electron chi connectivity index (χ1n) is 14.0. The van der Waals surface area contributed by atoms with Crippen molar-refractivity contribution in [2.75, 3.05) is 14.2 Å². The van der Waals surface area contributed by atoms with Crippen molar-refractivity contribution in [3.05, 3.63) is 79.0 Å². The van der Waals surface area contributed by atoms with Gasteiger partial charge in [-0.05, 0) is 0 Å². The van der Waals surface area contributed by atoms with Gasteiger partial charge in [-0.1, -0.05) is 0 Å². The van der Waals surface area contributed by atoms with E-state index < -0.39 is 22.1 Å². The number of allylic oxidation sites excluding steroid dienone is 4. The molecule has 214 valence electrons. The molecule has 4 aliphatic heterocycles. The van der Waals surface area contributed by atoms with E-state index in [1.807, 2.05) is 0 Å². The molecule has 42 heavy (non-hydrogen) atoms. The van der Waals surface area contributed by atoms with Gasteiger partial charge in [0.25, 0.3) is 0 Å². The number of aliphatic imine (C=N–C) groups is 2. The Bertz CT molecular complexity index is 1900. The van der Waals surface area contributed by atoms with E-state index in [9.17, 15) is 9.59 Å². The van der Waals surface area contributed by atoms with Crippen molar-refractivity contribution in [1.29, 1.82) is 0 Å². The fraction of sp³-hybridized carbons (Fsp3) is 0.312. The Balaban J connectivity index is 1.72. The third-order valence-corrected chi connectivity index (χ3v) is 19.7. The maximum atomic E-state index is 12.3. The van der Waals surface area contributed by atoms with E-state index >= 15 is 0 Å². The van der Waals surface area contributed by atoms with Gasteiger partial charge in [-0.3, -0.25) is 0 Å². The molecule has 6 heterocycles. The zero-order chi connectivity index (χ0) is 29.9. The summed E-state index contributed by atoms with van der Waals surface area (Å²) in [7, 11) is 10.6. The number of methoxy groups -OCH3 is 2. The number of halogens is 1. The van der Waals surface area contributed by atoms with Crippen molar-refractivity contribution in [3.8, 4) is 0 Å². The number of aromatic nitrogens is 2. The van der Waals surface area contributed by atoms with Gasteiger partial charge in [-0.15, -0.1) is 0 Å². The third-order valence-electron chi connectivity index (χ3n) is 8.53. The monoisotopic (exact) mass is 776 g/mol. The van der Waals surface area contributed by atoms with Gasteiger partial charge < -0.3 is 0 Å². The summed E-state index contributed by atoms with van der Waals surface area (Å²) in [6.07, 6.45) is 12.1. The number of nitrogens with zero attached hydrogens (tertiary/aromatic N) is 4. The van der Waals surface area contributed by atoms with E-state index in [1.54, 1.807) is 0 Å². The molecule has 6 bridgehead atoms. The number of hydrogen-bond acceptors (Lipinski definition) is 6. The molecule has 0 fully saturated rings.